The largest absolute Gasteiger partial charge is 0.462 e. The smallest absolute Gasteiger partial charge is 0.345 e. The first-order valence-corrected chi connectivity index (χ1v) is 9.05. The number of hydrogen-bond acceptors (Lipinski definition) is 8. The van der Waals surface area contributed by atoms with Crippen LogP contribution in [0.15, 0.2) is 45.5 Å². The van der Waals surface area contributed by atoms with Crippen LogP contribution in [0.5, 0.6) is 0 Å². The molecule has 1 aromatic heterocycles. The van der Waals surface area contributed by atoms with E-state index in [4.69, 9.17) is 4.74 Å². The highest BCUT2D eigenvalue weighted by atomic mass is 16.6. The molecule has 0 N–H and O–H groups in total. The van der Waals surface area contributed by atoms with Crippen molar-refractivity contribution >= 4 is 23.6 Å². The van der Waals surface area contributed by atoms with E-state index in [9.17, 15) is 19.7 Å². The molecule has 2 heterocycles. The zero-order chi connectivity index (χ0) is 21.0. The number of nitrogens with zero attached hydrogens (tertiary/aromatic N) is 5. The van der Waals surface area contributed by atoms with Gasteiger partial charge in [-0.05, 0) is 44.4 Å². The average Bonchev–Trinajstić information content (AvgIpc) is 2.70. The third-order valence-electron chi connectivity index (χ3n) is 4.48. The number of ether oxygens (including phenoxy) is 1. The summed E-state index contributed by atoms with van der Waals surface area (Å²) in [6.45, 7) is 3.70. The van der Waals surface area contributed by atoms with Crippen LogP contribution in [0.25, 0.3) is 0 Å². The van der Waals surface area contributed by atoms with Crippen LogP contribution in [0.3, 0.4) is 0 Å². The highest BCUT2D eigenvalue weighted by molar-refractivity contribution is 5.99. The van der Waals surface area contributed by atoms with Gasteiger partial charge in [-0.1, -0.05) is 0 Å². The topological polar surface area (TPSA) is 129 Å². The summed E-state index contributed by atoms with van der Waals surface area (Å²) in [6, 6.07) is 5.74. The third kappa shape index (κ3) is 4.26. The summed E-state index contributed by atoms with van der Waals surface area (Å²) < 4.78 is 6.35. The first-order valence-electron chi connectivity index (χ1n) is 9.05. The number of rotatable bonds is 5. The van der Waals surface area contributed by atoms with E-state index in [1.165, 1.54) is 29.1 Å². The molecule has 10 heteroatoms. The Morgan fingerprint density at radius 2 is 2.14 bits per heavy atom. The molecule has 1 aliphatic rings. The lowest BCUT2D eigenvalue weighted by Gasteiger charge is -2.24. The van der Waals surface area contributed by atoms with Crippen LogP contribution in [0.2, 0.25) is 0 Å². The second-order valence-corrected chi connectivity index (χ2v) is 6.42. The van der Waals surface area contributed by atoms with E-state index in [0.717, 1.165) is 0 Å². The van der Waals surface area contributed by atoms with E-state index in [1.807, 2.05) is 6.92 Å². The maximum atomic E-state index is 12.7. The van der Waals surface area contributed by atoms with Crippen LogP contribution in [0.1, 0.15) is 54.5 Å². The van der Waals surface area contributed by atoms with Gasteiger partial charge >= 0.3 is 5.97 Å². The van der Waals surface area contributed by atoms with Gasteiger partial charge in [-0.2, -0.15) is 10.2 Å². The number of non-ortho nitro benzene ring substituents is 1. The molecule has 150 valence electrons. The first-order chi connectivity index (χ1) is 13.9. The zero-order valence-electron chi connectivity index (χ0n) is 15.9. The summed E-state index contributed by atoms with van der Waals surface area (Å²) in [5.74, 6) is -0.338. The molecule has 3 rings (SSSR count). The van der Waals surface area contributed by atoms with Crippen LogP contribution >= 0.6 is 0 Å². The number of nitro groups is 1. The van der Waals surface area contributed by atoms with Crippen molar-refractivity contribution < 1.29 is 14.5 Å². The number of carbonyl (C=O) groups excluding carboxylic acids is 1. The summed E-state index contributed by atoms with van der Waals surface area (Å²) >= 11 is 0. The zero-order valence-corrected chi connectivity index (χ0v) is 15.9. The van der Waals surface area contributed by atoms with Gasteiger partial charge in [0.05, 0.1) is 17.7 Å². The van der Waals surface area contributed by atoms with Crippen molar-refractivity contribution in [3.63, 3.8) is 0 Å². The molecule has 1 atom stereocenters. The molecule has 0 amide bonds. The Balaban J connectivity index is 1.90. The Bertz CT molecular complexity index is 1060. The Kier molecular flexibility index (Phi) is 5.91. The molecule has 1 unspecified atom stereocenters. The van der Waals surface area contributed by atoms with Crippen molar-refractivity contribution in [1.29, 1.82) is 0 Å². The highest BCUT2D eigenvalue weighted by Gasteiger charge is 2.27. The highest BCUT2D eigenvalue weighted by Crippen LogP contribution is 2.22. The van der Waals surface area contributed by atoms with Crippen LogP contribution in [0, 0.1) is 10.1 Å². The van der Waals surface area contributed by atoms with E-state index < -0.39 is 16.5 Å². The predicted octanol–water partition coefficient (Wildman–Crippen LogP) is 2.51. The van der Waals surface area contributed by atoms with E-state index in [0.29, 0.717) is 29.9 Å². The standard InChI is InChI=1S/C19H19N5O5/c1-3-29-19(26)15-11-20-17-16(9-4-12(2)23(17)18(15)25)22-21-10-13-5-7-14(8-6-13)24(27)28/h5-8,10-12H,3-4,9H2,1-2H3/b21-10+,22-16+. The Morgan fingerprint density at radius 1 is 1.41 bits per heavy atom. The molecule has 10 nitrogen and oxygen atoms in total. The van der Waals surface area contributed by atoms with Crippen molar-refractivity contribution in [2.75, 3.05) is 6.61 Å². The minimum absolute atomic E-state index is 0.00959. The third-order valence-corrected chi connectivity index (χ3v) is 4.48. The molecule has 2 aromatic rings. The average molecular weight is 397 g/mol. The Labute approximate surface area is 165 Å². The van der Waals surface area contributed by atoms with Crippen molar-refractivity contribution in [2.24, 2.45) is 10.2 Å². The SMILES string of the molecule is CCOC(=O)c1cnc2n(c1=O)C(C)CC/C2=N\N=C\c1ccc([N+](=O)[O-])cc1. The van der Waals surface area contributed by atoms with Gasteiger partial charge in [0, 0.05) is 24.4 Å². The number of benzene rings is 1. The van der Waals surface area contributed by atoms with Gasteiger partial charge in [-0.3, -0.25) is 19.5 Å². The monoisotopic (exact) mass is 397 g/mol. The predicted molar refractivity (Wildman–Crippen MR) is 106 cm³/mol. The lowest BCUT2D eigenvalue weighted by Crippen LogP contribution is -2.37. The van der Waals surface area contributed by atoms with Crippen LogP contribution in [-0.4, -0.2) is 39.0 Å². The molecule has 0 saturated carbocycles. The summed E-state index contributed by atoms with van der Waals surface area (Å²) in [7, 11) is 0. The van der Waals surface area contributed by atoms with Gasteiger partial charge in [-0.25, -0.2) is 9.78 Å². The summed E-state index contributed by atoms with van der Waals surface area (Å²) in [5.41, 5.74) is 0.580. The number of hydrogen-bond donors (Lipinski definition) is 0. The maximum absolute atomic E-state index is 12.7. The fourth-order valence-corrected chi connectivity index (χ4v) is 2.97. The lowest BCUT2D eigenvalue weighted by atomic mass is 10.0. The molecule has 0 radical (unpaired) electrons. The summed E-state index contributed by atoms with van der Waals surface area (Å²) in [6.07, 6.45) is 3.89. The Morgan fingerprint density at radius 3 is 2.79 bits per heavy atom. The summed E-state index contributed by atoms with van der Waals surface area (Å²) in [5, 5.41) is 18.9. The second-order valence-electron chi connectivity index (χ2n) is 6.42. The molecule has 1 aromatic carbocycles. The van der Waals surface area contributed by atoms with Gasteiger partial charge in [0.25, 0.3) is 11.2 Å². The maximum Gasteiger partial charge on any atom is 0.345 e. The minimum Gasteiger partial charge on any atom is -0.462 e. The molecule has 0 spiro atoms. The number of aromatic nitrogens is 2. The normalized spacial score (nSPS) is 17.3. The lowest BCUT2D eigenvalue weighted by molar-refractivity contribution is -0.384. The fourth-order valence-electron chi connectivity index (χ4n) is 2.97. The van der Waals surface area contributed by atoms with Crippen LogP contribution in [0.4, 0.5) is 5.69 Å². The molecular weight excluding hydrogens is 378 g/mol. The van der Waals surface area contributed by atoms with Crippen molar-refractivity contribution in [1.82, 2.24) is 9.55 Å². The van der Waals surface area contributed by atoms with Gasteiger partial charge in [0.1, 0.15) is 11.3 Å². The molecule has 0 aliphatic carbocycles. The van der Waals surface area contributed by atoms with Crippen molar-refractivity contribution in [3.8, 4) is 0 Å². The van der Waals surface area contributed by atoms with Crippen LogP contribution in [-0.2, 0) is 4.74 Å². The minimum atomic E-state index is -0.701. The number of nitro benzene ring substituents is 1. The number of esters is 1. The molecule has 0 saturated heterocycles. The molecule has 0 bridgehead atoms. The molecule has 29 heavy (non-hydrogen) atoms. The van der Waals surface area contributed by atoms with Gasteiger partial charge in [-0.15, -0.1) is 0 Å². The summed E-state index contributed by atoms with van der Waals surface area (Å²) in [4.78, 5) is 39.2. The van der Waals surface area contributed by atoms with Crippen LogP contribution < -0.4 is 5.56 Å². The number of carbonyl (C=O) groups is 1. The number of fused-ring (bicyclic) bond motifs is 1. The Hall–Kier alpha value is -3.69. The quantitative estimate of drug-likeness (QED) is 0.330. The molecule has 1 aliphatic heterocycles. The second kappa shape index (κ2) is 8.55. The van der Waals surface area contributed by atoms with Gasteiger partial charge < -0.3 is 4.74 Å². The van der Waals surface area contributed by atoms with E-state index in [1.54, 1.807) is 19.1 Å². The van der Waals surface area contributed by atoms with E-state index >= 15 is 0 Å². The van der Waals surface area contributed by atoms with E-state index in [-0.39, 0.29) is 23.9 Å². The van der Waals surface area contributed by atoms with Crippen molar-refractivity contribution in [3.05, 3.63) is 67.9 Å². The van der Waals surface area contributed by atoms with Crippen molar-refractivity contribution in [2.45, 2.75) is 32.7 Å². The first kappa shape index (κ1) is 20.1. The van der Waals surface area contributed by atoms with E-state index in [2.05, 4.69) is 15.2 Å². The molecular formula is C19H19N5O5. The van der Waals surface area contributed by atoms with Gasteiger partial charge in [0.2, 0.25) is 0 Å². The fraction of sp³-hybridized carbons (Fsp3) is 0.316. The van der Waals surface area contributed by atoms with Gasteiger partial charge in [0.15, 0.2) is 5.82 Å². The molecule has 0 fully saturated rings.